The highest BCUT2D eigenvalue weighted by molar-refractivity contribution is 7.92. The molecule has 1 aliphatic rings. The maximum absolute atomic E-state index is 12.4. The zero-order valence-electron chi connectivity index (χ0n) is 11.0. The van der Waals surface area contributed by atoms with Crippen LogP contribution in [-0.2, 0) is 21.2 Å². The van der Waals surface area contributed by atoms with Gasteiger partial charge in [0, 0.05) is 5.69 Å². The van der Waals surface area contributed by atoms with Gasteiger partial charge in [0.1, 0.15) is 0 Å². The number of fused-ring (bicyclic) bond motifs is 1. The lowest BCUT2D eigenvalue weighted by atomic mass is 10.2. The number of para-hydroxylation sites is 2. The number of amides is 1. The lowest BCUT2D eigenvalue weighted by molar-refractivity contribution is -0.115. The predicted octanol–water partition coefficient (Wildman–Crippen LogP) is 1.56. The molecule has 7 heteroatoms. The number of anilines is 3. The monoisotopic (exact) mass is 303 g/mol. The zero-order chi connectivity index (χ0) is 15.0. The van der Waals surface area contributed by atoms with Gasteiger partial charge in [-0.05, 0) is 35.9 Å². The zero-order valence-corrected chi connectivity index (χ0v) is 11.8. The van der Waals surface area contributed by atoms with E-state index in [9.17, 15) is 13.2 Å². The van der Waals surface area contributed by atoms with Crippen molar-refractivity contribution in [3.63, 3.8) is 0 Å². The van der Waals surface area contributed by atoms with Crippen molar-refractivity contribution in [1.29, 1.82) is 0 Å². The second kappa shape index (κ2) is 4.78. The van der Waals surface area contributed by atoms with E-state index in [4.69, 9.17) is 5.73 Å². The Morgan fingerprint density at radius 2 is 1.90 bits per heavy atom. The topological polar surface area (TPSA) is 101 Å². The molecule has 6 nitrogen and oxygen atoms in total. The standard InChI is InChI=1S/C14H13N3O3S/c15-11-3-1-2-4-13(11)17-21(19,20)10-5-6-12-9(7-10)8-14(18)16-12/h1-7,17H,8,15H2,(H,16,18). The highest BCUT2D eigenvalue weighted by atomic mass is 32.2. The average molecular weight is 303 g/mol. The number of hydrogen-bond donors (Lipinski definition) is 3. The van der Waals surface area contributed by atoms with Crippen molar-refractivity contribution in [2.45, 2.75) is 11.3 Å². The minimum Gasteiger partial charge on any atom is -0.397 e. The smallest absolute Gasteiger partial charge is 0.261 e. The molecule has 0 bridgehead atoms. The molecule has 1 amide bonds. The Bertz CT molecular complexity index is 831. The van der Waals surface area contributed by atoms with Gasteiger partial charge in [-0.3, -0.25) is 9.52 Å². The minimum atomic E-state index is -3.74. The van der Waals surface area contributed by atoms with Crippen molar-refractivity contribution in [3.05, 3.63) is 48.0 Å². The van der Waals surface area contributed by atoms with Crippen LogP contribution in [0.1, 0.15) is 5.56 Å². The van der Waals surface area contributed by atoms with Crippen molar-refractivity contribution in [2.75, 3.05) is 15.8 Å². The van der Waals surface area contributed by atoms with Gasteiger partial charge in [0.15, 0.2) is 0 Å². The fourth-order valence-electron chi connectivity index (χ4n) is 2.17. The number of carbonyl (C=O) groups is 1. The third kappa shape index (κ3) is 2.55. The molecule has 2 aromatic carbocycles. The summed E-state index contributed by atoms with van der Waals surface area (Å²) in [4.78, 5) is 11.4. The normalized spacial score (nSPS) is 13.6. The van der Waals surface area contributed by atoms with Crippen LogP contribution in [0.4, 0.5) is 17.1 Å². The quantitative estimate of drug-likeness (QED) is 0.749. The minimum absolute atomic E-state index is 0.0982. The van der Waals surface area contributed by atoms with Gasteiger partial charge in [-0.15, -0.1) is 0 Å². The summed E-state index contributed by atoms with van der Waals surface area (Å²) < 4.78 is 27.2. The van der Waals surface area contributed by atoms with E-state index in [1.165, 1.54) is 12.1 Å². The summed E-state index contributed by atoms with van der Waals surface area (Å²) in [5.41, 5.74) is 7.73. The van der Waals surface area contributed by atoms with E-state index in [0.29, 0.717) is 22.6 Å². The fourth-order valence-corrected chi connectivity index (χ4v) is 3.30. The van der Waals surface area contributed by atoms with Gasteiger partial charge in [0.2, 0.25) is 5.91 Å². The third-order valence-corrected chi connectivity index (χ3v) is 4.58. The Morgan fingerprint density at radius 1 is 1.14 bits per heavy atom. The molecule has 0 aliphatic carbocycles. The van der Waals surface area contributed by atoms with E-state index in [0.717, 1.165) is 0 Å². The average Bonchev–Trinajstić information content (AvgIpc) is 2.80. The summed E-state index contributed by atoms with van der Waals surface area (Å²) in [6.45, 7) is 0. The van der Waals surface area contributed by atoms with Crippen molar-refractivity contribution < 1.29 is 13.2 Å². The van der Waals surface area contributed by atoms with Gasteiger partial charge >= 0.3 is 0 Å². The first-order valence-electron chi connectivity index (χ1n) is 6.26. The first-order valence-corrected chi connectivity index (χ1v) is 7.74. The van der Waals surface area contributed by atoms with E-state index >= 15 is 0 Å². The van der Waals surface area contributed by atoms with E-state index in [1.54, 1.807) is 30.3 Å². The second-order valence-corrected chi connectivity index (χ2v) is 6.42. The first kappa shape index (κ1) is 13.4. The predicted molar refractivity (Wildman–Crippen MR) is 80.4 cm³/mol. The molecule has 4 N–H and O–H groups in total. The number of rotatable bonds is 3. The van der Waals surface area contributed by atoms with Crippen LogP contribution in [0, 0.1) is 0 Å². The van der Waals surface area contributed by atoms with Crippen LogP contribution >= 0.6 is 0 Å². The highest BCUT2D eigenvalue weighted by Gasteiger charge is 2.22. The van der Waals surface area contributed by atoms with E-state index in [-0.39, 0.29) is 17.2 Å². The summed E-state index contributed by atoms with van der Waals surface area (Å²) in [6, 6.07) is 11.2. The number of benzene rings is 2. The molecule has 108 valence electrons. The molecule has 0 radical (unpaired) electrons. The van der Waals surface area contributed by atoms with Gasteiger partial charge < -0.3 is 11.1 Å². The van der Waals surface area contributed by atoms with Gasteiger partial charge in [-0.2, -0.15) is 0 Å². The van der Waals surface area contributed by atoms with Crippen LogP contribution in [0.3, 0.4) is 0 Å². The molecule has 21 heavy (non-hydrogen) atoms. The van der Waals surface area contributed by atoms with E-state index in [2.05, 4.69) is 10.0 Å². The lowest BCUT2D eigenvalue weighted by Crippen LogP contribution is -2.14. The van der Waals surface area contributed by atoms with E-state index < -0.39 is 10.0 Å². The van der Waals surface area contributed by atoms with Crippen LogP contribution in [0.2, 0.25) is 0 Å². The van der Waals surface area contributed by atoms with Crippen LogP contribution in [0.5, 0.6) is 0 Å². The van der Waals surface area contributed by atoms with Crippen molar-refractivity contribution >= 4 is 33.0 Å². The number of nitrogens with one attached hydrogen (secondary N) is 2. The molecule has 1 aliphatic heterocycles. The highest BCUT2D eigenvalue weighted by Crippen LogP contribution is 2.27. The van der Waals surface area contributed by atoms with Gasteiger partial charge in [0.25, 0.3) is 10.0 Å². The summed E-state index contributed by atoms with van der Waals surface area (Å²) >= 11 is 0. The number of carbonyl (C=O) groups excluding carboxylic acids is 1. The summed E-state index contributed by atoms with van der Waals surface area (Å²) in [7, 11) is -3.74. The summed E-state index contributed by atoms with van der Waals surface area (Å²) in [5.74, 6) is -0.139. The summed E-state index contributed by atoms with van der Waals surface area (Å²) in [5, 5.41) is 2.66. The molecule has 3 rings (SSSR count). The first-order chi connectivity index (χ1) is 9.95. The van der Waals surface area contributed by atoms with Crippen LogP contribution < -0.4 is 15.8 Å². The molecular formula is C14H13N3O3S. The van der Waals surface area contributed by atoms with Crippen molar-refractivity contribution in [2.24, 2.45) is 0 Å². The molecular weight excluding hydrogens is 290 g/mol. The van der Waals surface area contributed by atoms with Gasteiger partial charge in [-0.25, -0.2) is 8.42 Å². The molecule has 0 saturated carbocycles. The Hall–Kier alpha value is -2.54. The second-order valence-electron chi connectivity index (χ2n) is 4.74. The Morgan fingerprint density at radius 3 is 2.67 bits per heavy atom. The SMILES string of the molecule is Nc1ccccc1NS(=O)(=O)c1ccc2c(c1)CC(=O)N2. The number of hydrogen-bond acceptors (Lipinski definition) is 4. The molecule has 0 unspecified atom stereocenters. The van der Waals surface area contributed by atoms with Crippen molar-refractivity contribution in [3.8, 4) is 0 Å². The number of nitrogens with two attached hydrogens (primary N) is 1. The summed E-state index contributed by atoms with van der Waals surface area (Å²) in [6.07, 6.45) is 0.187. The van der Waals surface area contributed by atoms with E-state index in [1.807, 2.05) is 0 Å². The van der Waals surface area contributed by atoms with Gasteiger partial charge in [0.05, 0.1) is 22.7 Å². The maximum atomic E-state index is 12.4. The molecule has 2 aromatic rings. The lowest BCUT2D eigenvalue weighted by Gasteiger charge is -2.11. The molecule has 0 atom stereocenters. The van der Waals surface area contributed by atoms with Crippen molar-refractivity contribution in [1.82, 2.24) is 0 Å². The van der Waals surface area contributed by atoms with Crippen LogP contribution in [0.15, 0.2) is 47.4 Å². The Labute approximate surface area is 122 Å². The van der Waals surface area contributed by atoms with Gasteiger partial charge in [-0.1, -0.05) is 12.1 Å². The maximum Gasteiger partial charge on any atom is 0.261 e. The molecule has 0 saturated heterocycles. The molecule has 0 spiro atoms. The van der Waals surface area contributed by atoms with Crippen LogP contribution in [0.25, 0.3) is 0 Å². The van der Waals surface area contributed by atoms with Crippen LogP contribution in [-0.4, -0.2) is 14.3 Å². The Kier molecular flexibility index (Phi) is 3.06. The third-order valence-electron chi connectivity index (χ3n) is 3.22. The fraction of sp³-hybridized carbons (Fsp3) is 0.0714. The number of nitrogen functional groups attached to an aromatic ring is 1. The number of sulfonamides is 1. The molecule has 0 aromatic heterocycles. The molecule has 1 heterocycles. The Balaban J connectivity index is 1.95. The largest absolute Gasteiger partial charge is 0.397 e. The molecule has 0 fully saturated rings.